The van der Waals surface area contributed by atoms with Crippen LogP contribution in [-0.2, 0) is 0 Å². The van der Waals surface area contributed by atoms with E-state index in [1.165, 1.54) is 48.2 Å². The second-order valence-electron chi connectivity index (χ2n) is 9.02. The summed E-state index contributed by atoms with van der Waals surface area (Å²) in [6.45, 7) is 2.19. The average Bonchev–Trinajstić information content (AvgIpc) is 3.37. The molecule has 0 bridgehead atoms. The van der Waals surface area contributed by atoms with Gasteiger partial charge in [0.15, 0.2) is 8.07 Å². The predicted octanol–water partition coefficient (Wildman–Crippen LogP) is 5.25. The molecule has 7 rings (SSSR count). The van der Waals surface area contributed by atoms with Gasteiger partial charge in [-0.15, -0.1) is 0 Å². The molecule has 0 radical (unpaired) electrons. The highest BCUT2D eigenvalue weighted by Gasteiger charge is 2.49. The maximum absolute atomic E-state index is 6.39. The third-order valence-corrected chi connectivity index (χ3v) is 12.1. The zero-order valence-electron chi connectivity index (χ0n) is 18.4. The summed E-state index contributed by atoms with van der Waals surface area (Å²) in [5, 5.41) is 8.10. The van der Waals surface area contributed by atoms with Gasteiger partial charge in [0, 0.05) is 10.8 Å². The molecule has 156 valence electrons. The van der Waals surface area contributed by atoms with Crippen molar-refractivity contribution in [1.29, 1.82) is 0 Å². The minimum Gasteiger partial charge on any atom is -0.456 e. The van der Waals surface area contributed by atoms with Gasteiger partial charge in [-0.05, 0) is 57.0 Å². The zero-order valence-corrected chi connectivity index (χ0v) is 19.4. The normalized spacial score (nSPS) is 13.8. The molecule has 6 aromatic rings. The van der Waals surface area contributed by atoms with Gasteiger partial charge in [0.2, 0.25) is 0 Å². The molecular weight excluding hydrogens is 416 g/mol. The fourth-order valence-corrected chi connectivity index (χ4v) is 11.0. The second-order valence-corrected chi connectivity index (χ2v) is 12.8. The minimum absolute atomic E-state index is 0.951. The van der Waals surface area contributed by atoms with Crippen molar-refractivity contribution in [1.82, 2.24) is 0 Å². The average molecular weight is 439 g/mol. The summed E-state index contributed by atoms with van der Waals surface area (Å²) in [4.78, 5) is 0. The van der Waals surface area contributed by atoms with Crippen LogP contribution in [0.2, 0.25) is 0 Å². The van der Waals surface area contributed by atoms with Gasteiger partial charge in [-0.1, -0.05) is 103 Å². The van der Waals surface area contributed by atoms with E-state index in [0.717, 1.165) is 11.2 Å². The summed E-state index contributed by atoms with van der Waals surface area (Å²) in [6, 6.07) is 42.4. The molecule has 0 atom stereocenters. The number of aryl methyl sites for hydroxylation is 1. The lowest BCUT2D eigenvalue weighted by Crippen LogP contribution is -2.72. The quantitative estimate of drug-likeness (QED) is 0.336. The first-order valence-corrected chi connectivity index (χ1v) is 13.4. The molecule has 1 nitrogen and oxygen atoms in total. The Morgan fingerprint density at radius 1 is 0.515 bits per heavy atom. The van der Waals surface area contributed by atoms with Crippen LogP contribution in [0.25, 0.3) is 33.1 Å². The molecule has 1 aliphatic heterocycles. The van der Waals surface area contributed by atoms with E-state index in [1.54, 1.807) is 0 Å². The smallest absolute Gasteiger partial charge is 0.181 e. The highest BCUT2D eigenvalue weighted by atomic mass is 28.3. The first kappa shape index (κ1) is 18.7. The molecule has 0 saturated carbocycles. The fourth-order valence-electron chi connectivity index (χ4n) is 5.82. The summed E-state index contributed by atoms with van der Waals surface area (Å²) in [6.07, 6.45) is 0. The van der Waals surface area contributed by atoms with Crippen molar-refractivity contribution in [2.24, 2.45) is 0 Å². The van der Waals surface area contributed by atoms with Crippen molar-refractivity contribution in [3.63, 3.8) is 0 Å². The van der Waals surface area contributed by atoms with E-state index in [9.17, 15) is 0 Å². The van der Waals surface area contributed by atoms with Gasteiger partial charge < -0.3 is 4.42 Å². The number of fused-ring (bicyclic) bond motifs is 6. The van der Waals surface area contributed by atoms with Crippen LogP contribution < -0.4 is 20.7 Å². The molecule has 0 saturated heterocycles. The Bertz CT molecular complexity index is 1620. The van der Waals surface area contributed by atoms with Crippen LogP contribution in [0, 0.1) is 6.92 Å². The number of furan rings is 1. The number of para-hydroxylation sites is 1. The molecule has 1 aliphatic rings. The second kappa shape index (κ2) is 6.81. The van der Waals surface area contributed by atoms with Gasteiger partial charge in [-0.2, -0.15) is 0 Å². The molecule has 33 heavy (non-hydrogen) atoms. The largest absolute Gasteiger partial charge is 0.456 e. The number of hydrogen-bond donors (Lipinski definition) is 0. The lowest BCUT2D eigenvalue weighted by molar-refractivity contribution is 0.669. The van der Waals surface area contributed by atoms with Crippen molar-refractivity contribution in [3.05, 3.63) is 121 Å². The summed E-state index contributed by atoms with van der Waals surface area (Å²) >= 11 is 0. The van der Waals surface area contributed by atoms with Gasteiger partial charge in [0.25, 0.3) is 0 Å². The summed E-state index contributed by atoms with van der Waals surface area (Å²) < 4.78 is 6.39. The topological polar surface area (TPSA) is 13.1 Å². The molecule has 0 N–H and O–H groups in total. The number of rotatable bonds is 2. The van der Waals surface area contributed by atoms with Gasteiger partial charge in [-0.3, -0.25) is 0 Å². The van der Waals surface area contributed by atoms with Gasteiger partial charge in [0.1, 0.15) is 11.2 Å². The Morgan fingerprint density at radius 3 is 1.88 bits per heavy atom. The third-order valence-electron chi connectivity index (χ3n) is 7.20. The highest BCUT2D eigenvalue weighted by molar-refractivity contribution is 7.22. The van der Waals surface area contributed by atoms with Gasteiger partial charge in [-0.25, -0.2) is 0 Å². The van der Waals surface area contributed by atoms with Crippen molar-refractivity contribution in [2.75, 3.05) is 0 Å². The van der Waals surface area contributed by atoms with Crippen molar-refractivity contribution >= 4 is 50.8 Å². The number of benzene rings is 5. The molecule has 1 aromatic heterocycles. The molecule has 2 heterocycles. The molecule has 0 amide bonds. The standard InChI is InChI=1S/C31H22OSi/c1-21-16-17-30-26(18-21)27-19-25-24-14-8-9-15-28(24)32-29(25)20-31(27)33(30,22-10-4-2-5-11-22)23-12-6-3-7-13-23/h2-20H,1H3. The lowest BCUT2D eigenvalue weighted by atomic mass is 10.0. The molecular formula is C31H22OSi. The van der Waals surface area contributed by atoms with Crippen molar-refractivity contribution in [2.45, 2.75) is 6.92 Å². The Hall–Kier alpha value is -3.88. The Morgan fingerprint density at radius 2 is 1.15 bits per heavy atom. The molecule has 2 heteroatoms. The summed E-state index contributed by atoms with van der Waals surface area (Å²) in [5.74, 6) is 0. The molecule has 0 unspecified atom stereocenters. The van der Waals surface area contributed by atoms with E-state index in [0.29, 0.717) is 0 Å². The van der Waals surface area contributed by atoms with E-state index in [-0.39, 0.29) is 0 Å². The van der Waals surface area contributed by atoms with Crippen molar-refractivity contribution < 1.29 is 4.42 Å². The summed E-state index contributed by atoms with van der Waals surface area (Å²) in [5.41, 5.74) is 5.95. The van der Waals surface area contributed by atoms with Crippen LogP contribution in [-0.4, -0.2) is 8.07 Å². The van der Waals surface area contributed by atoms with E-state index in [1.807, 2.05) is 6.07 Å². The Balaban J connectivity index is 1.69. The summed E-state index contributed by atoms with van der Waals surface area (Å²) in [7, 11) is -2.47. The molecule has 0 spiro atoms. The van der Waals surface area contributed by atoms with E-state index in [2.05, 4.69) is 116 Å². The first-order valence-electron chi connectivity index (χ1n) is 11.4. The van der Waals surface area contributed by atoms with Crippen LogP contribution >= 0.6 is 0 Å². The van der Waals surface area contributed by atoms with Crippen LogP contribution in [0.15, 0.2) is 120 Å². The Labute approximate surface area is 194 Å². The molecule has 5 aromatic carbocycles. The predicted molar refractivity (Wildman–Crippen MR) is 141 cm³/mol. The number of hydrogen-bond acceptors (Lipinski definition) is 1. The lowest BCUT2D eigenvalue weighted by Gasteiger charge is -2.31. The van der Waals surface area contributed by atoms with Crippen LogP contribution in [0.1, 0.15) is 5.56 Å². The molecule has 0 fully saturated rings. The van der Waals surface area contributed by atoms with Crippen LogP contribution in [0.4, 0.5) is 0 Å². The highest BCUT2D eigenvalue weighted by Crippen LogP contribution is 2.36. The SMILES string of the molecule is Cc1ccc2c(c1)-c1cc3c(cc1[Si]2(c1ccccc1)c1ccccc1)oc1ccccc13. The maximum atomic E-state index is 6.39. The van der Waals surface area contributed by atoms with Crippen molar-refractivity contribution in [3.8, 4) is 11.1 Å². The molecule has 0 aliphatic carbocycles. The third kappa shape index (κ3) is 2.47. The monoisotopic (exact) mass is 438 g/mol. The first-order chi connectivity index (χ1) is 16.3. The maximum Gasteiger partial charge on any atom is 0.181 e. The van der Waals surface area contributed by atoms with E-state index >= 15 is 0 Å². The van der Waals surface area contributed by atoms with E-state index < -0.39 is 8.07 Å². The minimum atomic E-state index is -2.47. The van der Waals surface area contributed by atoms with E-state index in [4.69, 9.17) is 4.42 Å². The van der Waals surface area contributed by atoms with Gasteiger partial charge in [0.05, 0.1) is 0 Å². The fraction of sp³-hybridized carbons (Fsp3) is 0.0323. The van der Waals surface area contributed by atoms with Crippen LogP contribution in [0.3, 0.4) is 0 Å². The Kier molecular flexibility index (Phi) is 3.85. The van der Waals surface area contributed by atoms with Gasteiger partial charge >= 0.3 is 0 Å². The van der Waals surface area contributed by atoms with Crippen LogP contribution in [0.5, 0.6) is 0 Å². The zero-order chi connectivity index (χ0) is 22.0.